The Morgan fingerprint density at radius 2 is 2.29 bits per heavy atom. The normalized spacial score (nSPS) is 10.5. The fourth-order valence-electron chi connectivity index (χ4n) is 1.56. The molecule has 0 fully saturated rings. The predicted molar refractivity (Wildman–Crippen MR) is 73.4 cm³/mol. The lowest BCUT2D eigenvalue weighted by Crippen LogP contribution is -2.10. The van der Waals surface area contributed by atoms with Crippen LogP contribution in [0.4, 0.5) is 0 Å². The van der Waals surface area contributed by atoms with E-state index in [1.165, 1.54) is 0 Å². The van der Waals surface area contributed by atoms with Crippen LogP contribution in [0.2, 0.25) is 5.02 Å². The number of hydrogen-bond acceptors (Lipinski definition) is 2. The summed E-state index contributed by atoms with van der Waals surface area (Å²) in [7, 11) is 0. The maximum atomic E-state index is 6.17. The molecule has 17 heavy (non-hydrogen) atoms. The molecule has 1 heterocycles. The summed E-state index contributed by atoms with van der Waals surface area (Å²) in [4.78, 5) is 0.355. The van der Waals surface area contributed by atoms with Crippen LogP contribution in [-0.4, -0.2) is 14.8 Å². The van der Waals surface area contributed by atoms with E-state index in [9.17, 15) is 0 Å². The van der Waals surface area contributed by atoms with Gasteiger partial charge in [0.2, 0.25) is 0 Å². The molecule has 0 atom stereocenters. The average Bonchev–Trinajstić information content (AvgIpc) is 2.67. The summed E-state index contributed by atoms with van der Waals surface area (Å²) in [5, 5.41) is 4.87. The highest BCUT2D eigenvalue weighted by Crippen LogP contribution is 2.19. The lowest BCUT2D eigenvalue weighted by atomic mass is 10.1. The Hall–Kier alpha value is -1.39. The van der Waals surface area contributed by atoms with Gasteiger partial charge in [0.25, 0.3) is 0 Å². The second kappa shape index (κ2) is 4.85. The van der Waals surface area contributed by atoms with Gasteiger partial charge in [0, 0.05) is 16.8 Å². The van der Waals surface area contributed by atoms with Crippen LogP contribution >= 0.6 is 23.8 Å². The first-order valence-corrected chi connectivity index (χ1v) is 5.92. The Balaban J connectivity index is 2.25. The van der Waals surface area contributed by atoms with E-state index in [1.807, 2.05) is 36.1 Å². The molecular weight excluding hydrogens is 254 g/mol. The lowest BCUT2D eigenvalue weighted by molar-refractivity contribution is 0.686. The molecule has 2 N–H and O–H groups in total. The minimum absolute atomic E-state index is 0.355. The number of nitrogens with two attached hydrogens (primary N) is 1. The van der Waals surface area contributed by atoms with Crippen LogP contribution in [0, 0.1) is 6.92 Å². The zero-order valence-corrected chi connectivity index (χ0v) is 10.9. The van der Waals surface area contributed by atoms with Crippen LogP contribution in [0.15, 0.2) is 30.6 Å². The average molecular weight is 266 g/mol. The number of nitrogens with zero attached hydrogens (tertiary/aromatic N) is 2. The van der Waals surface area contributed by atoms with E-state index in [-0.39, 0.29) is 0 Å². The number of halogens is 1. The minimum atomic E-state index is 0.355. The molecule has 0 amide bonds. The third-order valence-corrected chi connectivity index (χ3v) is 3.02. The Labute approximate surface area is 110 Å². The van der Waals surface area contributed by atoms with Gasteiger partial charge in [0.1, 0.15) is 4.99 Å². The molecule has 0 radical (unpaired) electrons. The summed E-state index contributed by atoms with van der Waals surface area (Å²) in [5.74, 6) is 0. The van der Waals surface area contributed by atoms with Crippen LogP contribution in [0.5, 0.6) is 0 Å². The van der Waals surface area contributed by atoms with Gasteiger partial charge in [0.15, 0.2) is 0 Å². The number of rotatable bonds is 3. The summed E-state index contributed by atoms with van der Waals surface area (Å²) >= 11 is 11.1. The van der Waals surface area contributed by atoms with Crippen molar-refractivity contribution >= 4 is 28.8 Å². The molecule has 5 heteroatoms. The summed E-state index contributed by atoms with van der Waals surface area (Å²) in [6.07, 6.45) is 3.79. The summed E-state index contributed by atoms with van der Waals surface area (Å²) in [6.45, 7) is 2.64. The predicted octanol–water partition coefficient (Wildman–Crippen LogP) is 2.53. The van der Waals surface area contributed by atoms with E-state index in [1.54, 1.807) is 6.07 Å². The van der Waals surface area contributed by atoms with Crippen LogP contribution in [0.3, 0.4) is 0 Å². The fraction of sp³-hybridized carbons (Fsp3) is 0.167. The molecule has 2 rings (SSSR count). The third kappa shape index (κ3) is 2.84. The summed E-state index contributed by atoms with van der Waals surface area (Å²) < 4.78 is 1.84. The van der Waals surface area contributed by atoms with Gasteiger partial charge >= 0.3 is 0 Å². The Morgan fingerprint density at radius 1 is 1.53 bits per heavy atom. The van der Waals surface area contributed by atoms with Crippen LogP contribution < -0.4 is 5.73 Å². The van der Waals surface area contributed by atoms with Gasteiger partial charge in [-0.3, -0.25) is 4.68 Å². The van der Waals surface area contributed by atoms with Gasteiger partial charge in [0.05, 0.1) is 12.7 Å². The highest BCUT2D eigenvalue weighted by atomic mass is 35.5. The number of aromatic nitrogens is 2. The molecule has 3 nitrogen and oxygen atoms in total. The first-order chi connectivity index (χ1) is 8.06. The maximum Gasteiger partial charge on any atom is 0.104 e. The quantitative estimate of drug-likeness (QED) is 0.868. The molecular formula is C12H12ClN3S. The van der Waals surface area contributed by atoms with Gasteiger partial charge in [-0.05, 0) is 24.1 Å². The Bertz CT molecular complexity index is 563. The molecule has 0 aliphatic rings. The molecule has 0 unspecified atom stereocenters. The first kappa shape index (κ1) is 12.1. The van der Waals surface area contributed by atoms with Crippen molar-refractivity contribution in [1.29, 1.82) is 0 Å². The number of benzene rings is 1. The van der Waals surface area contributed by atoms with Crippen LogP contribution in [-0.2, 0) is 6.54 Å². The monoisotopic (exact) mass is 265 g/mol. The lowest BCUT2D eigenvalue weighted by Gasteiger charge is -2.06. The van der Waals surface area contributed by atoms with Crippen molar-refractivity contribution in [2.45, 2.75) is 13.5 Å². The molecule has 0 saturated heterocycles. The molecule has 0 aliphatic heterocycles. The van der Waals surface area contributed by atoms with Gasteiger partial charge in [-0.15, -0.1) is 0 Å². The van der Waals surface area contributed by atoms with E-state index in [4.69, 9.17) is 29.6 Å². The molecule has 1 aromatic heterocycles. The summed E-state index contributed by atoms with van der Waals surface area (Å²) in [5.41, 5.74) is 8.45. The van der Waals surface area contributed by atoms with Crippen molar-refractivity contribution in [3.8, 4) is 0 Å². The van der Waals surface area contributed by atoms with Crippen molar-refractivity contribution in [3.05, 3.63) is 52.3 Å². The van der Waals surface area contributed by atoms with E-state index < -0.39 is 0 Å². The first-order valence-electron chi connectivity index (χ1n) is 5.13. The number of aryl methyl sites for hydroxylation is 1. The maximum absolute atomic E-state index is 6.17. The van der Waals surface area contributed by atoms with Crippen LogP contribution in [0.1, 0.15) is 16.7 Å². The highest BCUT2D eigenvalue weighted by Gasteiger charge is 2.05. The van der Waals surface area contributed by atoms with Crippen molar-refractivity contribution in [2.24, 2.45) is 5.73 Å². The van der Waals surface area contributed by atoms with Gasteiger partial charge in [-0.2, -0.15) is 5.10 Å². The van der Waals surface area contributed by atoms with Gasteiger partial charge in [-0.25, -0.2) is 0 Å². The zero-order chi connectivity index (χ0) is 12.4. The van der Waals surface area contributed by atoms with Crippen molar-refractivity contribution in [3.63, 3.8) is 0 Å². The second-order valence-electron chi connectivity index (χ2n) is 3.89. The summed E-state index contributed by atoms with van der Waals surface area (Å²) in [6, 6.07) is 5.59. The molecule has 2 aromatic rings. The van der Waals surface area contributed by atoms with Gasteiger partial charge in [-0.1, -0.05) is 36.0 Å². The molecule has 0 spiro atoms. The largest absolute Gasteiger partial charge is 0.389 e. The number of hydrogen-bond donors (Lipinski definition) is 1. The van der Waals surface area contributed by atoms with Crippen molar-refractivity contribution < 1.29 is 0 Å². The molecule has 0 bridgehead atoms. The Kier molecular flexibility index (Phi) is 3.45. The van der Waals surface area contributed by atoms with E-state index in [0.29, 0.717) is 16.6 Å². The molecule has 88 valence electrons. The highest BCUT2D eigenvalue weighted by molar-refractivity contribution is 7.80. The van der Waals surface area contributed by atoms with E-state index in [2.05, 4.69) is 5.10 Å². The van der Waals surface area contributed by atoms with Crippen molar-refractivity contribution in [1.82, 2.24) is 9.78 Å². The van der Waals surface area contributed by atoms with Crippen LogP contribution in [0.25, 0.3) is 0 Å². The molecule has 1 aromatic carbocycles. The number of thiocarbonyl (C=S) groups is 1. The van der Waals surface area contributed by atoms with E-state index >= 15 is 0 Å². The fourth-order valence-corrected chi connectivity index (χ4v) is 1.92. The SMILES string of the molecule is Cc1cnn(Cc2ccc(C(N)=S)cc2Cl)c1. The van der Waals surface area contributed by atoms with E-state index in [0.717, 1.165) is 16.7 Å². The minimum Gasteiger partial charge on any atom is -0.389 e. The van der Waals surface area contributed by atoms with Gasteiger partial charge < -0.3 is 5.73 Å². The molecule has 0 saturated carbocycles. The third-order valence-electron chi connectivity index (χ3n) is 2.43. The Morgan fingerprint density at radius 3 is 2.82 bits per heavy atom. The second-order valence-corrected chi connectivity index (χ2v) is 4.73. The smallest absolute Gasteiger partial charge is 0.104 e. The van der Waals surface area contributed by atoms with Crippen molar-refractivity contribution in [2.75, 3.05) is 0 Å². The topological polar surface area (TPSA) is 43.8 Å². The zero-order valence-electron chi connectivity index (χ0n) is 9.35. The molecule has 0 aliphatic carbocycles. The standard InChI is InChI=1S/C12H12ClN3S/c1-8-5-15-16(6-8)7-10-3-2-9(12(14)17)4-11(10)13/h2-6H,7H2,1H3,(H2,14,17).